The normalized spacial score (nSPS) is 12.9. The molecule has 0 radical (unpaired) electrons. The predicted octanol–water partition coefficient (Wildman–Crippen LogP) is 2.83. The van der Waals surface area contributed by atoms with Gasteiger partial charge in [0.1, 0.15) is 6.04 Å². The topological polar surface area (TPSA) is 102 Å². The molecule has 2 amide bonds. The van der Waals surface area contributed by atoms with Crippen LogP contribution in [0.15, 0.2) is 18.2 Å². The maximum atomic E-state index is 11.9. The fourth-order valence-corrected chi connectivity index (χ4v) is 1.84. The highest BCUT2D eigenvalue weighted by atomic mass is 35.5. The lowest BCUT2D eigenvalue weighted by Crippen LogP contribution is -2.46. The van der Waals surface area contributed by atoms with E-state index < -0.39 is 18.0 Å². The predicted molar refractivity (Wildman–Crippen MR) is 79.2 cm³/mol. The van der Waals surface area contributed by atoms with Crippen LogP contribution in [0.4, 0.5) is 10.5 Å². The van der Waals surface area contributed by atoms with Gasteiger partial charge in [0.25, 0.3) is 0 Å². The van der Waals surface area contributed by atoms with Crippen LogP contribution in [0.5, 0.6) is 0 Å². The molecule has 1 aromatic carbocycles. The van der Waals surface area contributed by atoms with Gasteiger partial charge in [-0.2, -0.15) is 5.26 Å². The van der Waals surface area contributed by atoms with Gasteiger partial charge in [0, 0.05) is 0 Å². The number of nitrogens with zero attached hydrogens (tertiary/aromatic N) is 1. The van der Waals surface area contributed by atoms with Gasteiger partial charge in [0.15, 0.2) is 0 Å². The van der Waals surface area contributed by atoms with E-state index in [2.05, 4.69) is 10.6 Å². The molecule has 0 bridgehead atoms. The Labute approximate surface area is 127 Å². The minimum absolute atomic E-state index is 0.214. The van der Waals surface area contributed by atoms with E-state index in [1.165, 1.54) is 18.2 Å². The first-order valence-corrected chi connectivity index (χ1v) is 6.76. The number of anilines is 1. The molecule has 1 rings (SSSR count). The first kappa shape index (κ1) is 16.8. The van der Waals surface area contributed by atoms with Crippen molar-refractivity contribution < 1.29 is 14.7 Å². The number of benzene rings is 1. The van der Waals surface area contributed by atoms with Crippen molar-refractivity contribution in [3.05, 3.63) is 28.8 Å². The number of carbonyl (C=O) groups excluding carboxylic acids is 1. The number of hydrogen-bond donors (Lipinski definition) is 3. The molecule has 7 heteroatoms. The standard InChI is InChI=1S/C14H16ClN3O3/c1-3-8(2)12(13(19)20)18-14(21)17-11-6-9(7-16)4-5-10(11)15/h4-6,8,12H,3H2,1-2H3,(H,19,20)(H2,17,18,21). The summed E-state index contributed by atoms with van der Waals surface area (Å²) < 4.78 is 0. The SMILES string of the molecule is CCC(C)C(NC(=O)Nc1cc(C#N)ccc1Cl)C(=O)O. The second kappa shape index (κ2) is 7.50. The van der Waals surface area contributed by atoms with Crippen molar-refractivity contribution in [3.8, 4) is 6.07 Å². The number of rotatable bonds is 5. The summed E-state index contributed by atoms with van der Waals surface area (Å²) in [6.45, 7) is 3.58. The zero-order chi connectivity index (χ0) is 16.0. The number of carboxylic acids is 1. The van der Waals surface area contributed by atoms with E-state index in [9.17, 15) is 9.59 Å². The number of nitrogens with one attached hydrogen (secondary N) is 2. The number of carboxylic acid groups (broad SMARTS) is 1. The molecule has 0 aliphatic carbocycles. The second-order valence-corrected chi connectivity index (χ2v) is 5.01. The van der Waals surface area contributed by atoms with Crippen molar-refractivity contribution >= 4 is 29.3 Å². The highest BCUT2D eigenvalue weighted by Gasteiger charge is 2.25. The van der Waals surface area contributed by atoms with Gasteiger partial charge in [-0.1, -0.05) is 31.9 Å². The van der Waals surface area contributed by atoms with Crippen LogP contribution in [-0.4, -0.2) is 23.1 Å². The molecule has 2 unspecified atom stereocenters. The first-order chi connectivity index (χ1) is 9.88. The van der Waals surface area contributed by atoms with E-state index in [1.54, 1.807) is 6.92 Å². The quantitative estimate of drug-likeness (QED) is 0.778. The van der Waals surface area contributed by atoms with Crippen LogP contribution in [0.3, 0.4) is 0 Å². The van der Waals surface area contributed by atoms with Gasteiger partial charge < -0.3 is 15.7 Å². The molecule has 0 aliphatic heterocycles. The third-order valence-corrected chi connectivity index (χ3v) is 3.44. The summed E-state index contributed by atoms with van der Waals surface area (Å²) in [7, 11) is 0. The maximum Gasteiger partial charge on any atom is 0.326 e. The molecule has 0 spiro atoms. The first-order valence-electron chi connectivity index (χ1n) is 6.39. The largest absolute Gasteiger partial charge is 0.480 e. The summed E-state index contributed by atoms with van der Waals surface area (Å²) in [4.78, 5) is 23.0. The van der Waals surface area contributed by atoms with Gasteiger partial charge in [-0.25, -0.2) is 9.59 Å². The lowest BCUT2D eigenvalue weighted by molar-refractivity contribution is -0.140. The van der Waals surface area contributed by atoms with Crippen LogP contribution in [0.1, 0.15) is 25.8 Å². The maximum absolute atomic E-state index is 11.9. The lowest BCUT2D eigenvalue weighted by Gasteiger charge is -2.20. The van der Waals surface area contributed by atoms with Gasteiger partial charge in [-0.15, -0.1) is 0 Å². The molecule has 0 aromatic heterocycles. The molecule has 21 heavy (non-hydrogen) atoms. The number of urea groups is 1. The highest BCUT2D eigenvalue weighted by molar-refractivity contribution is 6.33. The van der Waals surface area contributed by atoms with Gasteiger partial charge in [-0.05, 0) is 24.1 Å². The van der Waals surface area contributed by atoms with E-state index in [-0.39, 0.29) is 16.6 Å². The van der Waals surface area contributed by atoms with Crippen LogP contribution >= 0.6 is 11.6 Å². The van der Waals surface area contributed by atoms with Gasteiger partial charge in [-0.3, -0.25) is 0 Å². The Hall–Kier alpha value is -2.26. The second-order valence-electron chi connectivity index (χ2n) is 4.61. The summed E-state index contributed by atoms with van der Waals surface area (Å²) >= 11 is 5.92. The van der Waals surface area contributed by atoms with Crippen LogP contribution in [0.25, 0.3) is 0 Å². The summed E-state index contributed by atoms with van der Waals surface area (Å²) in [5.41, 5.74) is 0.591. The molecule has 0 saturated carbocycles. The van der Waals surface area contributed by atoms with Crippen LogP contribution in [-0.2, 0) is 4.79 Å². The minimum Gasteiger partial charge on any atom is -0.480 e. The zero-order valence-corrected chi connectivity index (χ0v) is 12.4. The minimum atomic E-state index is -1.10. The molecule has 6 nitrogen and oxygen atoms in total. The van der Waals surface area contributed by atoms with Gasteiger partial charge in [0.05, 0.1) is 22.3 Å². The van der Waals surface area contributed by atoms with E-state index in [0.717, 1.165) is 0 Å². The Kier molecular flexibility index (Phi) is 6.00. The molecule has 1 aromatic rings. The molecule has 0 saturated heterocycles. The molecular formula is C14H16ClN3O3. The van der Waals surface area contributed by atoms with Gasteiger partial charge >= 0.3 is 12.0 Å². The molecular weight excluding hydrogens is 294 g/mol. The molecule has 2 atom stereocenters. The van der Waals surface area contributed by atoms with E-state index in [1.807, 2.05) is 13.0 Å². The summed E-state index contributed by atoms with van der Waals surface area (Å²) in [5, 5.41) is 23.0. The smallest absolute Gasteiger partial charge is 0.326 e. The van der Waals surface area contributed by atoms with Crippen molar-refractivity contribution in [1.29, 1.82) is 5.26 Å². The van der Waals surface area contributed by atoms with Crippen molar-refractivity contribution in [3.63, 3.8) is 0 Å². The molecule has 3 N–H and O–H groups in total. The number of halogens is 1. The van der Waals surface area contributed by atoms with Crippen molar-refractivity contribution in [2.45, 2.75) is 26.3 Å². The Morgan fingerprint density at radius 2 is 2.14 bits per heavy atom. The van der Waals surface area contributed by atoms with Gasteiger partial charge in [0.2, 0.25) is 0 Å². The number of amides is 2. The Bertz CT molecular complexity index is 583. The van der Waals surface area contributed by atoms with Crippen LogP contribution in [0.2, 0.25) is 5.02 Å². The Balaban J connectivity index is 2.82. The Morgan fingerprint density at radius 3 is 2.67 bits per heavy atom. The average Bonchev–Trinajstić information content (AvgIpc) is 2.46. The highest BCUT2D eigenvalue weighted by Crippen LogP contribution is 2.22. The van der Waals surface area contributed by atoms with E-state index in [0.29, 0.717) is 12.0 Å². The molecule has 0 heterocycles. The molecule has 0 aliphatic rings. The van der Waals surface area contributed by atoms with Crippen molar-refractivity contribution in [2.75, 3.05) is 5.32 Å². The third-order valence-electron chi connectivity index (χ3n) is 3.11. The number of hydrogen-bond acceptors (Lipinski definition) is 3. The fourth-order valence-electron chi connectivity index (χ4n) is 1.67. The van der Waals surface area contributed by atoms with Crippen LogP contribution in [0, 0.1) is 17.2 Å². The van der Waals surface area contributed by atoms with Crippen molar-refractivity contribution in [2.24, 2.45) is 5.92 Å². The number of aliphatic carboxylic acids is 1. The molecule has 0 fully saturated rings. The third kappa shape index (κ3) is 4.65. The average molecular weight is 310 g/mol. The summed E-state index contributed by atoms with van der Waals surface area (Å²) in [6.07, 6.45) is 0.613. The fraction of sp³-hybridized carbons (Fsp3) is 0.357. The van der Waals surface area contributed by atoms with E-state index >= 15 is 0 Å². The summed E-state index contributed by atoms with van der Waals surface area (Å²) in [5.74, 6) is -1.31. The molecule has 112 valence electrons. The lowest BCUT2D eigenvalue weighted by atomic mass is 9.99. The summed E-state index contributed by atoms with van der Waals surface area (Å²) in [6, 6.07) is 4.68. The monoisotopic (exact) mass is 309 g/mol. The zero-order valence-electron chi connectivity index (χ0n) is 11.7. The van der Waals surface area contributed by atoms with E-state index in [4.69, 9.17) is 22.0 Å². The van der Waals surface area contributed by atoms with Crippen LogP contribution < -0.4 is 10.6 Å². The van der Waals surface area contributed by atoms with Crippen molar-refractivity contribution in [1.82, 2.24) is 5.32 Å². The number of nitriles is 1. The number of carbonyl (C=O) groups is 2. The Morgan fingerprint density at radius 1 is 1.48 bits per heavy atom.